The molecule has 1 aromatic carbocycles. The highest BCUT2D eigenvalue weighted by Gasteiger charge is 2.13. The molecule has 1 aromatic heterocycles. The van der Waals surface area contributed by atoms with E-state index >= 15 is 0 Å². The van der Waals surface area contributed by atoms with Crippen molar-refractivity contribution in [1.82, 2.24) is 4.98 Å². The number of rotatable bonds is 3. The lowest BCUT2D eigenvalue weighted by molar-refractivity contribution is 0.584. The molecule has 2 rings (SSSR count). The summed E-state index contributed by atoms with van der Waals surface area (Å²) >= 11 is 3.66. The third-order valence-electron chi connectivity index (χ3n) is 3.23. The zero-order chi connectivity index (χ0) is 14.0. The molecule has 3 heteroatoms. The van der Waals surface area contributed by atoms with Gasteiger partial charge in [0.1, 0.15) is 0 Å². The minimum absolute atomic E-state index is 0.423. The average Bonchev–Trinajstić information content (AvgIpc) is 2.38. The zero-order valence-corrected chi connectivity index (χ0v) is 13.0. The standard InChI is InChI=1S/C16H17BrFN/c1-4-11-7-13(10(2)3)16(17)14(8-11)12-5-6-19-15(18)9-12/h5-10H,4H2,1-3H3. The molecule has 0 saturated heterocycles. The highest BCUT2D eigenvalue weighted by atomic mass is 79.9. The fourth-order valence-electron chi connectivity index (χ4n) is 2.11. The summed E-state index contributed by atoms with van der Waals surface area (Å²) in [6.07, 6.45) is 2.47. The molecule has 0 atom stereocenters. The first-order valence-corrected chi connectivity index (χ1v) is 7.26. The molecule has 0 saturated carbocycles. The molecular weight excluding hydrogens is 305 g/mol. The SMILES string of the molecule is CCc1cc(-c2ccnc(F)c2)c(Br)c(C(C)C)c1. The van der Waals surface area contributed by atoms with Crippen LogP contribution in [0.5, 0.6) is 0 Å². The van der Waals surface area contributed by atoms with Gasteiger partial charge in [0, 0.05) is 16.7 Å². The van der Waals surface area contributed by atoms with Crippen molar-refractivity contribution in [2.45, 2.75) is 33.1 Å². The third-order valence-corrected chi connectivity index (χ3v) is 4.11. The average molecular weight is 322 g/mol. The summed E-state index contributed by atoms with van der Waals surface area (Å²) in [5.74, 6) is -0.0243. The van der Waals surface area contributed by atoms with Crippen molar-refractivity contribution in [3.05, 3.63) is 52.0 Å². The topological polar surface area (TPSA) is 12.9 Å². The first-order chi connectivity index (χ1) is 9.02. The van der Waals surface area contributed by atoms with Crippen molar-refractivity contribution in [2.75, 3.05) is 0 Å². The van der Waals surface area contributed by atoms with Gasteiger partial charge in [-0.3, -0.25) is 0 Å². The molecule has 0 N–H and O–H groups in total. The first-order valence-electron chi connectivity index (χ1n) is 6.47. The number of aromatic nitrogens is 1. The Kier molecular flexibility index (Phi) is 4.35. The summed E-state index contributed by atoms with van der Waals surface area (Å²) in [4.78, 5) is 3.61. The second-order valence-electron chi connectivity index (χ2n) is 4.92. The number of hydrogen-bond acceptors (Lipinski definition) is 1. The lowest BCUT2D eigenvalue weighted by atomic mass is 9.94. The van der Waals surface area contributed by atoms with E-state index < -0.39 is 5.95 Å². The van der Waals surface area contributed by atoms with E-state index in [9.17, 15) is 4.39 Å². The van der Waals surface area contributed by atoms with Gasteiger partial charge >= 0.3 is 0 Å². The number of nitrogens with zero attached hydrogens (tertiary/aromatic N) is 1. The van der Waals surface area contributed by atoms with Crippen LogP contribution < -0.4 is 0 Å². The Bertz CT molecular complexity index is 593. The molecule has 100 valence electrons. The van der Waals surface area contributed by atoms with Gasteiger partial charge in [0.2, 0.25) is 5.95 Å². The second-order valence-corrected chi connectivity index (χ2v) is 5.72. The predicted molar refractivity (Wildman–Crippen MR) is 80.8 cm³/mol. The normalized spacial score (nSPS) is 11.1. The van der Waals surface area contributed by atoms with E-state index in [4.69, 9.17) is 0 Å². The minimum Gasteiger partial charge on any atom is -0.228 e. The summed E-state index contributed by atoms with van der Waals surface area (Å²) < 4.78 is 14.3. The van der Waals surface area contributed by atoms with Gasteiger partial charge in [-0.05, 0) is 56.6 Å². The highest BCUT2D eigenvalue weighted by Crippen LogP contribution is 2.36. The molecule has 0 spiro atoms. The van der Waals surface area contributed by atoms with E-state index in [1.807, 2.05) is 6.07 Å². The molecule has 0 aliphatic rings. The second kappa shape index (κ2) is 5.83. The number of hydrogen-bond donors (Lipinski definition) is 0. The Labute approximate surface area is 122 Å². The van der Waals surface area contributed by atoms with Crippen molar-refractivity contribution in [3.63, 3.8) is 0 Å². The largest absolute Gasteiger partial charge is 0.228 e. The molecule has 0 aliphatic heterocycles. The van der Waals surface area contributed by atoms with Gasteiger partial charge in [0.05, 0.1) is 0 Å². The lowest BCUT2D eigenvalue weighted by Crippen LogP contribution is -1.96. The molecule has 0 aliphatic carbocycles. The van der Waals surface area contributed by atoms with Crippen LogP contribution in [0.1, 0.15) is 37.8 Å². The molecule has 0 amide bonds. The van der Waals surface area contributed by atoms with Crippen LogP contribution in [0.2, 0.25) is 0 Å². The van der Waals surface area contributed by atoms with Gasteiger partial charge in [0.15, 0.2) is 0 Å². The highest BCUT2D eigenvalue weighted by molar-refractivity contribution is 9.10. The van der Waals surface area contributed by atoms with E-state index in [0.29, 0.717) is 5.92 Å². The Hall–Kier alpha value is -1.22. The van der Waals surface area contributed by atoms with E-state index in [-0.39, 0.29) is 0 Å². The molecule has 0 fully saturated rings. The molecule has 0 unspecified atom stereocenters. The minimum atomic E-state index is -0.447. The summed E-state index contributed by atoms with van der Waals surface area (Å²) in [5.41, 5.74) is 4.41. The maximum Gasteiger partial charge on any atom is 0.213 e. The summed E-state index contributed by atoms with van der Waals surface area (Å²) in [5, 5.41) is 0. The lowest BCUT2D eigenvalue weighted by Gasteiger charge is -2.15. The van der Waals surface area contributed by atoms with Crippen molar-refractivity contribution < 1.29 is 4.39 Å². The Morgan fingerprint density at radius 3 is 2.58 bits per heavy atom. The van der Waals surface area contributed by atoms with E-state index in [1.54, 1.807) is 0 Å². The predicted octanol–water partition coefficient (Wildman–Crippen LogP) is 5.34. The summed E-state index contributed by atoms with van der Waals surface area (Å²) in [7, 11) is 0. The van der Waals surface area contributed by atoms with Gasteiger partial charge in [0.25, 0.3) is 0 Å². The molecule has 19 heavy (non-hydrogen) atoms. The van der Waals surface area contributed by atoms with Gasteiger partial charge in [-0.2, -0.15) is 4.39 Å². The molecule has 2 aromatic rings. The van der Waals surface area contributed by atoms with Crippen molar-refractivity contribution in [3.8, 4) is 11.1 Å². The number of benzene rings is 1. The van der Waals surface area contributed by atoms with E-state index in [0.717, 1.165) is 22.0 Å². The molecular formula is C16H17BrFN. The van der Waals surface area contributed by atoms with Crippen LogP contribution in [0, 0.1) is 5.95 Å². The fourth-order valence-corrected chi connectivity index (χ4v) is 3.03. The maximum absolute atomic E-state index is 13.3. The van der Waals surface area contributed by atoms with Crippen molar-refractivity contribution in [2.24, 2.45) is 0 Å². The van der Waals surface area contributed by atoms with Crippen LogP contribution in [-0.4, -0.2) is 4.98 Å². The number of halogens is 2. The maximum atomic E-state index is 13.3. The quantitative estimate of drug-likeness (QED) is 0.696. The Balaban J connectivity index is 2.65. The fraction of sp³-hybridized carbons (Fsp3) is 0.312. The Morgan fingerprint density at radius 2 is 2.00 bits per heavy atom. The Morgan fingerprint density at radius 1 is 1.26 bits per heavy atom. The van der Waals surface area contributed by atoms with Crippen LogP contribution in [0.25, 0.3) is 11.1 Å². The van der Waals surface area contributed by atoms with Crippen LogP contribution in [-0.2, 0) is 6.42 Å². The molecule has 0 bridgehead atoms. The van der Waals surface area contributed by atoms with Gasteiger partial charge < -0.3 is 0 Å². The molecule has 0 radical (unpaired) electrons. The monoisotopic (exact) mass is 321 g/mol. The molecule has 1 nitrogen and oxygen atoms in total. The van der Waals surface area contributed by atoms with Gasteiger partial charge in [-0.1, -0.05) is 32.9 Å². The summed E-state index contributed by atoms with van der Waals surface area (Å²) in [6.45, 7) is 6.46. The number of aryl methyl sites for hydroxylation is 1. The van der Waals surface area contributed by atoms with Gasteiger partial charge in [-0.25, -0.2) is 4.98 Å². The third kappa shape index (κ3) is 3.03. The van der Waals surface area contributed by atoms with E-state index in [1.165, 1.54) is 23.4 Å². The van der Waals surface area contributed by atoms with Crippen molar-refractivity contribution in [1.29, 1.82) is 0 Å². The zero-order valence-electron chi connectivity index (χ0n) is 11.4. The summed E-state index contributed by atoms with van der Waals surface area (Å²) in [6, 6.07) is 7.65. The number of pyridine rings is 1. The van der Waals surface area contributed by atoms with E-state index in [2.05, 4.69) is 53.8 Å². The molecule has 1 heterocycles. The van der Waals surface area contributed by atoms with Crippen LogP contribution in [0.4, 0.5) is 4.39 Å². The first kappa shape index (κ1) is 14.2. The van der Waals surface area contributed by atoms with Crippen molar-refractivity contribution >= 4 is 15.9 Å². The van der Waals surface area contributed by atoms with Crippen LogP contribution in [0.15, 0.2) is 34.9 Å². The van der Waals surface area contributed by atoms with Gasteiger partial charge in [-0.15, -0.1) is 0 Å². The smallest absolute Gasteiger partial charge is 0.213 e. The van der Waals surface area contributed by atoms with Crippen LogP contribution in [0.3, 0.4) is 0 Å². The van der Waals surface area contributed by atoms with Crippen LogP contribution >= 0.6 is 15.9 Å².